The van der Waals surface area contributed by atoms with Crippen LogP contribution in [0.3, 0.4) is 0 Å². The zero-order valence-electron chi connectivity index (χ0n) is 10.5. The first-order chi connectivity index (χ1) is 9.43. The monoisotopic (exact) mass is 293 g/mol. The number of fused-ring (bicyclic) bond motifs is 1. The Morgan fingerprint density at radius 2 is 2.00 bits per heavy atom. The topological polar surface area (TPSA) is 67.3 Å². The van der Waals surface area contributed by atoms with Crippen molar-refractivity contribution in [3.05, 3.63) is 59.7 Å². The molecular weight excluding hydrogens is 281 g/mol. The number of pyridine rings is 1. The fourth-order valence-electron chi connectivity index (χ4n) is 2.54. The van der Waals surface area contributed by atoms with Gasteiger partial charge in [-0.25, -0.2) is 12.8 Å². The zero-order valence-corrected chi connectivity index (χ0v) is 11.3. The Bertz CT molecular complexity index is 775. The molecule has 0 fully saturated rings. The molecule has 1 aromatic heterocycles. The van der Waals surface area contributed by atoms with E-state index in [-0.39, 0.29) is 28.2 Å². The van der Waals surface area contributed by atoms with Crippen molar-refractivity contribution in [3.63, 3.8) is 0 Å². The van der Waals surface area contributed by atoms with E-state index < -0.39 is 21.3 Å². The summed E-state index contributed by atoms with van der Waals surface area (Å²) in [5, 5.41) is 10.9. The first-order valence-corrected chi connectivity index (χ1v) is 7.74. The minimum absolute atomic E-state index is 0.0164. The molecule has 1 N–H and O–H groups in total. The summed E-state index contributed by atoms with van der Waals surface area (Å²) in [5.74, 6) is -0.751. The van der Waals surface area contributed by atoms with Crippen molar-refractivity contribution in [2.45, 2.75) is 16.9 Å². The van der Waals surface area contributed by atoms with Crippen LogP contribution in [0.25, 0.3) is 0 Å². The summed E-state index contributed by atoms with van der Waals surface area (Å²) in [6, 6.07) is 7.45. The van der Waals surface area contributed by atoms with E-state index in [9.17, 15) is 17.9 Å². The predicted octanol–water partition coefficient (Wildman–Crippen LogP) is 1.63. The fourth-order valence-corrected chi connectivity index (χ4v) is 4.19. The molecule has 20 heavy (non-hydrogen) atoms. The van der Waals surface area contributed by atoms with E-state index in [4.69, 9.17) is 0 Å². The van der Waals surface area contributed by atoms with E-state index in [1.54, 1.807) is 18.2 Å². The molecule has 0 saturated carbocycles. The van der Waals surface area contributed by atoms with Crippen molar-refractivity contribution in [3.8, 4) is 0 Å². The van der Waals surface area contributed by atoms with Crippen LogP contribution in [0, 0.1) is 5.82 Å². The molecule has 0 saturated heterocycles. The number of hydrogen-bond acceptors (Lipinski definition) is 4. The zero-order chi connectivity index (χ0) is 14.4. The third-order valence-corrected chi connectivity index (χ3v) is 5.35. The first-order valence-electron chi connectivity index (χ1n) is 6.09. The van der Waals surface area contributed by atoms with Crippen LogP contribution < -0.4 is 0 Å². The van der Waals surface area contributed by atoms with Gasteiger partial charge in [0.2, 0.25) is 0 Å². The summed E-state index contributed by atoms with van der Waals surface area (Å²) in [5.41, 5.74) is -0.990. The molecular formula is C14H12FNO3S. The highest BCUT2D eigenvalue weighted by molar-refractivity contribution is 7.91. The molecule has 0 radical (unpaired) electrons. The highest BCUT2D eigenvalue weighted by Crippen LogP contribution is 2.41. The van der Waals surface area contributed by atoms with Gasteiger partial charge in [0.25, 0.3) is 0 Å². The third-order valence-electron chi connectivity index (χ3n) is 3.58. The van der Waals surface area contributed by atoms with Crippen LogP contribution in [0.15, 0.2) is 47.6 Å². The lowest BCUT2D eigenvalue weighted by Gasteiger charge is -2.34. The van der Waals surface area contributed by atoms with Crippen LogP contribution in [-0.4, -0.2) is 24.3 Å². The highest BCUT2D eigenvalue weighted by Gasteiger charge is 2.42. The summed E-state index contributed by atoms with van der Waals surface area (Å²) in [7, 11) is -3.41. The van der Waals surface area contributed by atoms with E-state index in [1.165, 1.54) is 18.3 Å². The molecule has 1 atom stereocenters. The number of aromatic nitrogens is 1. The number of hydrogen-bond donors (Lipinski definition) is 1. The van der Waals surface area contributed by atoms with Crippen LogP contribution in [0.5, 0.6) is 0 Å². The number of aliphatic hydroxyl groups is 1. The Labute approximate surface area is 115 Å². The maximum Gasteiger partial charge on any atom is 0.178 e. The van der Waals surface area contributed by atoms with Crippen molar-refractivity contribution in [1.82, 2.24) is 4.98 Å². The third kappa shape index (κ3) is 1.92. The van der Waals surface area contributed by atoms with Gasteiger partial charge in [0, 0.05) is 17.3 Å². The van der Waals surface area contributed by atoms with E-state index >= 15 is 0 Å². The van der Waals surface area contributed by atoms with Gasteiger partial charge in [-0.15, -0.1) is 0 Å². The van der Waals surface area contributed by atoms with Gasteiger partial charge in [-0.3, -0.25) is 4.98 Å². The highest BCUT2D eigenvalue weighted by atomic mass is 32.2. The molecule has 4 nitrogen and oxygen atoms in total. The molecule has 2 aromatic rings. The summed E-state index contributed by atoms with van der Waals surface area (Å²) in [4.78, 5) is 3.82. The minimum Gasteiger partial charge on any atom is -0.380 e. The van der Waals surface area contributed by atoms with Crippen LogP contribution in [0.4, 0.5) is 4.39 Å². The summed E-state index contributed by atoms with van der Waals surface area (Å²) in [6.45, 7) is 0. The van der Waals surface area contributed by atoms with E-state index in [0.717, 1.165) is 6.20 Å². The SMILES string of the molecule is O=S1(=O)CCC(O)(c2cncc(F)c2)c2ccccc21. The van der Waals surface area contributed by atoms with Crippen molar-refractivity contribution < 1.29 is 17.9 Å². The Kier molecular flexibility index (Phi) is 2.88. The van der Waals surface area contributed by atoms with Gasteiger partial charge in [-0.05, 0) is 18.6 Å². The van der Waals surface area contributed by atoms with Crippen molar-refractivity contribution in [2.75, 3.05) is 5.75 Å². The second kappa shape index (κ2) is 4.36. The molecule has 1 unspecified atom stereocenters. The summed E-state index contributed by atoms with van der Waals surface area (Å²) in [6.07, 6.45) is 2.38. The van der Waals surface area contributed by atoms with Gasteiger partial charge in [0.05, 0.1) is 16.8 Å². The second-order valence-electron chi connectivity index (χ2n) is 4.82. The maximum absolute atomic E-state index is 13.3. The van der Waals surface area contributed by atoms with E-state index in [0.29, 0.717) is 0 Å². The molecule has 0 spiro atoms. The molecule has 2 heterocycles. The lowest BCUT2D eigenvalue weighted by Crippen LogP contribution is -2.36. The summed E-state index contributed by atoms with van der Waals surface area (Å²) < 4.78 is 37.4. The predicted molar refractivity (Wildman–Crippen MR) is 70.3 cm³/mol. The van der Waals surface area contributed by atoms with Crippen LogP contribution in [0.2, 0.25) is 0 Å². The Balaban J connectivity index is 2.26. The number of sulfone groups is 1. The number of nitrogens with zero attached hydrogens (tertiary/aromatic N) is 1. The molecule has 1 aliphatic heterocycles. The smallest absolute Gasteiger partial charge is 0.178 e. The van der Waals surface area contributed by atoms with E-state index in [2.05, 4.69) is 4.98 Å². The molecule has 6 heteroatoms. The van der Waals surface area contributed by atoms with Crippen molar-refractivity contribution in [1.29, 1.82) is 0 Å². The van der Waals surface area contributed by atoms with Crippen LogP contribution >= 0.6 is 0 Å². The Morgan fingerprint density at radius 3 is 2.75 bits per heavy atom. The molecule has 0 amide bonds. The maximum atomic E-state index is 13.3. The molecule has 0 aliphatic carbocycles. The van der Waals surface area contributed by atoms with Gasteiger partial charge in [0.1, 0.15) is 11.4 Å². The molecule has 1 aromatic carbocycles. The lowest BCUT2D eigenvalue weighted by molar-refractivity contribution is 0.0710. The van der Waals surface area contributed by atoms with Crippen molar-refractivity contribution >= 4 is 9.84 Å². The van der Waals surface area contributed by atoms with Gasteiger partial charge >= 0.3 is 0 Å². The number of benzene rings is 1. The number of rotatable bonds is 1. The van der Waals surface area contributed by atoms with Gasteiger partial charge in [0.15, 0.2) is 9.84 Å². The fraction of sp³-hybridized carbons (Fsp3) is 0.214. The average molecular weight is 293 g/mol. The van der Waals surface area contributed by atoms with E-state index in [1.807, 2.05) is 0 Å². The Morgan fingerprint density at radius 1 is 1.25 bits per heavy atom. The summed E-state index contributed by atoms with van der Waals surface area (Å²) >= 11 is 0. The Hall–Kier alpha value is -1.79. The standard InChI is InChI=1S/C14H12FNO3S/c15-11-7-10(8-16-9-11)14(17)5-6-20(18,19)13-4-2-1-3-12(13)14/h1-4,7-9,17H,5-6H2. The molecule has 104 valence electrons. The van der Waals surface area contributed by atoms with Crippen LogP contribution in [0.1, 0.15) is 17.5 Å². The van der Waals surface area contributed by atoms with Gasteiger partial charge in [-0.2, -0.15) is 0 Å². The minimum atomic E-state index is -3.41. The van der Waals surface area contributed by atoms with Gasteiger partial charge < -0.3 is 5.11 Å². The lowest BCUT2D eigenvalue weighted by atomic mass is 9.84. The second-order valence-corrected chi connectivity index (χ2v) is 6.89. The largest absolute Gasteiger partial charge is 0.380 e. The normalized spacial score (nSPS) is 24.1. The van der Waals surface area contributed by atoms with Crippen LogP contribution in [-0.2, 0) is 15.4 Å². The number of halogens is 1. The van der Waals surface area contributed by atoms with Crippen molar-refractivity contribution in [2.24, 2.45) is 0 Å². The quantitative estimate of drug-likeness (QED) is 0.868. The molecule has 3 rings (SSSR count). The van der Waals surface area contributed by atoms with Gasteiger partial charge in [-0.1, -0.05) is 18.2 Å². The first kappa shape index (κ1) is 13.2. The molecule has 0 bridgehead atoms. The molecule has 1 aliphatic rings. The average Bonchev–Trinajstić information content (AvgIpc) is 2.44.